The van der Waals surface area contributed by atoms with Crippen LogP contribution in [0.5, 0.6) is 0 Å². The largest absolute Gasteiger partial charge is 0.477 e. The molecule has 12 nitrogen and oxygen atoms in total. The minimum atomic E-state index is -1.18. The van der Waals surface area contributed by atoms with Crippen molar-refractivity contribution >= 4 is 41.7 Å². The molecule has 210 valence electrons. The lowest BCUT2D eigenvalue weighted by atomic mass is 9.79. The van der Waals surface area contributed by atoms with E-state index in [0.29, 0.717) is 36.5 Å². The number of hydrogen-bond donors (Lipinski definition) is 3. The van der Waals surface area contributed by atoms with Gasteiger partial charge < -0.3 is 35.1 Å². The van der Waals surface area contributed by atoms with Crippen molar-refractivity contribution < 1.29 is 34.1 Å². The third-order valence-electron chi connectivity index (χ3n) is 7.33. The quantitative estimate of drug-likeness (QED) is 0.206. The van der Waals surface area contributed by atoms with E-state index < -0.39 is 36.0 Å². The van der Waals surface area contributed by atoms with E-state index >= 15 is 0 Å². The van der Waals surface area contributed by atoms with Gasteiger partial charge in [0.25, 0.3) is 0 Å². The van der Waals surface area contributed by atoms with Crippen molar-refractivity contribution in [3.8, 4) is 0 Å². The van der Waals surface area contributed by atoms with Crippen molar-refractivity contribution in [3.05, 3.63) is 47.6 Å². The van der Waals surface area contributed by atoms with Gasteiger partial charge in [0.05, 0.1) is 30.1 Å². The van der Waals surface area contributed by atoms with Crippen LogP contribution in [-0.4, -0.2) is 90.0 Å². The standard InChI is InChI=1S/C26H33N5O7S/c1-4-9-38-26(37)30-12-18(10-17(30)7-8-29-11-16(28-13-29)5-6-19(27)33)39-23-14(2)21-20(15(3)32)24(34)31(21)22(23)25(35)36/h4-6,11,13-15,17-18,20-21,32H,1,7-10,12H2,2-3H3,(H2,27,33)(H,35,36)/t14-,15-,17+,18+,20-,21-/m1/s1. The lowest BCUT2D eigenvalue weighted by Gasteiger charge is -2.46. The van der Waals surface area contributed by atoms with E-state index in [2.05, 4.69) is 11.6 Å². The predicted molar refractivity (Wildman–Crippen MR) is 143 cm³/mol. The van der Waals surface area contributed by atoms with Gasteiger partial charge >= 0.3 is 12.1 Å². The van der Waals surface area contributed by atoms with Crippen molar-refractivity contribution in [2.45, 2.75) is 56.7 Å². The van der Waals surface area contributed by atoms with Gasteiger partial charge in [-0.1, -0.05) is 19.6 Å². The molecular formula is C26H33N5O7S. The molecule has 3 amide bonds. The highest BCUT2D eigenvalue weighted by atomic mass is 32.2. The summed E-state index contributed by atoms with van der Waals surface area (Å²) in [5, 5.41) is 19.9. The first-order valence-corrected chi connectivity index (χ1v) is 13.6. The van der Waals surface area contributed by atoms with Crippen molar-refractivity contribution in [2.75, 3.05) is 13.2 Å². The Bertz CT molecular complexity index is 1220. The number of hydrogen-bond acceptors (Lipinski definition) is 8. The minimum Gasteiger partial charge on any atom is -0.477 e. The van der Waals surface area contributed by atoms with Crippen molar-refractivity contribution in [2.24, 2.45) is 17.6 Å². The second-order valence-corrected chi connectivity index (χ2v) is 11.3. The van der Waals surface area contributed by atoms with Gasteiger partial charge in [-0.3, -0.25) is 9.59 Å². The molecule has 0 aromatic carbocycles. The number of amides is 3. The van der Waals surface area contributed by atoms with Crippen LogP contribution in [0.3, 0.4) is 0 Å². The molecule has 39 heavy (non-hydrogen) atoms. The van der Waals surface area contributed by atoms with Gasteiger partial charge in [0.2, 0.25) is 11.8 Å². The SMILES string of the molecule is C=CCOC(=O)N1C[C@@H](SC2=C(C(=O)O)N3C(=O)[C@H]([C@@H](C)O)[C@H]3[C@H]2C)C[C@@H]1CCn1cnc(C=CC(N)=O)c1. The van der Waals surface area contributed by atoms with Crippen molar-refractivity contribution in [1.29, 1.82) is 0 Å². The molecule has 3 aliphatic heterocycles. The van der Waals surface area contributed by atoms with Crippen LogP contribution < -0.4 is 5.73 Å². The molecule has 2 saturated heterocycles. The molecule has 4 heterocycles. The molecule has 1 aromatic rings. The first-order valence-electron chi connectivity index (χ1n) is 12.7. The zero-order chi connectivity index (χ0) is 28.4. The van der Waals surface area contributed by atoms with Gasteiger partial charge in [0.15, 0.2) is 0 Å². The number of nitrogens with two attached hydrogens (primary N) is 1. The number of fused-ring (bicyclic) bond motifs is 1. The van der Waals surface area contributed by atoms with Gasteiger partial charge in [-0.2, -0.15) is 0 Å². The van der Waals surface area contributed by atoms with E-state index in [-0.39, 0.29) is 35.4 Å². The molecule has 0 spiro atoms. The number of imidazole rings is 1. The number of likely N-dealkylation sites (tertiary alicyclic amines) is 1. The van der Waals surface area contributed by atoms with Crippen LogP contribution in [0.4, 0.5) is 4.79 Å². The van der Waals surface area contributed by atoms with Crippen molar-refractivity contribution in [3.63, 3.8) is 0 Å². The summed E-state index contributed by atoms with van der Waals surface area (Å²) in [5.41, 5.74) is 5.68. The normalized spacial score (nSPS) is 27.1. The van der Waals surface area contributed by atoms with Gasteiger partial charge in [-0.05, 0) is 25.8 Å². The molecule has 4 rings (SSSR count). The maximum Gasteiger partial charge on any atom is 0.410 e. The summed E-state index contributed by atoms with van der Waals surface area (Å²) in [7, 11) is 0. The molecule has 1 aromatic heterocycles. The number of carbonyl (C=O) groups excluding carboxylic acids is 3. The van der Waals surface area contributed by atoms with E-state index in [1.165, 1.54) is 34.9 Å². The molecule has 4 N–H and O–H groups in total. The van der Waals surface area contributed by atoms with Crippen LogP contribution in [0.15, 0.2) is 41.9 Å². The minimum absolute atomic E-state index is 0.0291. The second-order valence-electron chi connectivity index (χ2n) is 9.98. The van der Waals surface area contributed by atoms with Gasteiger partial charge in [-0.25, -0.2) is 14.6 Å². The second kappa shape index (κ2) is 11.7. The fourth-order valence-corrected chi connectivity index (χ4v) is 7.14. The summed E-state index contributed by atoms with van der Waals surface area (Å²) in [5.74, 6) is -3.01. The average molecular weight is 560 g/mol. The first kappa shape index (κ1) is 28.4. The van der Waals surface area contributed by atoms with Crippen LogP contribution in [-0.2, 0) is 25.7 Å². The number of thioether (sulfide) groups is 1. The number of nitrogens with zero attached hydrogens (tertiary/aromatic N) is 4. The average Bonchev–Trinajstić information content (AvgIpc) is 3.56. The number of carboxylic acid groups (broad SMARTS) is 1. The Morgan fingerprint density at radius 1 is 1.38 bits per heavy atom. The zero-order valence-electron chi connectivity index (χ0n) is 21.8. The molecule has 0 saturated carbocycles. The zero-order valence-corrected chi connectivity index (χ0v) is 22.6. The third kappa shape index (κ3) is 5.74. The molecule has 13 heteroatoms. The Morgan fingerprint density at radius 3 is 2.77 bits per heavy atom. The van der Waals surface area contributed by atoms with Gasteiger partial charge in [-0.15, -0.1) is 11.8 Å². The highest BCUT2D eigenvalue weighted by Gasteiger charge is 2.60. The van der Waals surface area contributed by atoms with Gasteiger partial charge in [0.1, 0.15) is 12.3 Å². The van der Waals surface area contributed by atoms with Crippen LogP contribution in [0.1, 0.15) is 32.4 Å². The lowest BCUT2D eigenvalue weighted by molar-refractivity contribution is -0.163. The van der Waals surface area contributed by atoms with E-state index in [9.17, 15) is 29.4 Å². The molecular weight excluding hydrogens is 526 g/mol. The number of carboxylic acids is 1. The number of aromatic nitrogens is 2. The summed E-state index contributed by atoms with van der Waals surface area (Å²) >= 11 is 1.39. The number of aliphatic hydroxyl groups is 1. The van der Waals surface area contributed by atoms with Crippen molar-refractivity contribution in [1.82, 2.24) is 19.4 Å². The summed E-state index contributed by atoms with van der Waals surface area (Å²) in [4.78, 5) is 56.5. The molecule has 2 fully saturated rings. The first-order chi connectivity index (χ1) is 18.5. The molecule has 3 aliphatic rings. The Hall–Kier alpha value is -3.58. The van der Waals surface area contributed by atoms with Crippen LogP contribution in [0, 0.1) is 11.8 Å². The summed E-state index contributed by atoms with van der Waals surface area (Å²) < 4.78 is 7.17. The summed E-state index contributed by atoms with van der Waals surface area (Å²) in [6, 6.07) is -0.572. The summed E-state index contributed by atoms with van der Waals surface area (Å²) in [6.45, 7) is 7.98. The Balaban J connectivity index is 1.49. The molecule has 0 bridgehead atoms. The van der Waals surface area contributed by atoms with E-state index in [1.54, 1.807) is 24.3 Å². The van der Waals surface area contributed by atoms with E-state index in [1.807, 2.05) is 11.5 Å². The number of carbonyl (C=O) groups is 4. The highest BCUT2D eigenvalue weighted by molar-refractivity contribution is 8.03. The highest BCUT2D eigenvalue weighted by Crippen LogP contribution is 2.52. The van der Waals surface area contributed by atoms with E-state index in [0.717, 1.165) is 0 Å². The number of aliphatic carboxylic acids is 1. The Labute approximate surface area is 230 Å². The van der Waals surface area contributed by atoms with Crippen LogP contribution in [0.25, 0.3) is 6.08 Å². The fourth-order valence-electron chi connectivity index (χ4n) is 5.58. The van der Waals surface area contributed by atoms with E-state index in [4.69, 9.17) is 10.5 Å². The van der Waals surface area contributed by atoms with Crippen LogP contribution in [0.2, 0.25) is 0 Å². The molecule has 6 atom stereocenters. The lowest BCUT2D eigenvalue weighted by Crippen LogP contribution is -2.63. The number of rotatable bonds is 11. The smallest absolute Gasteiger partial charge is 0.410 e. The maximum atomic E-state index is 12.9. The van der Waals surface area contributed by atoms with Crippen LogP contribution >= 0.6 is 11.8 Å². The predicted octanol–water partition coefficient (Wildman–Crippen LogP) is 1.42. The number of aryl methyl sites for hydroxylation is 1. The molecule has 0 aliphatic carbocycles. The third-order valence-corrected chi connectivity index (χ3v) is 8.83. The number of ether oxygens (including phenoxy) is 1. The number of aliphatic hydroxyl groups excluding tert-OH is 1. The summed E-state index contributed by atoms with van der Waals surface area (Å²) in [6.07, 6.45) is 7.48. The Morgan fingerprint density at radius 2 is 2.13 bits per heavy atom. The monoisotopic (exact) mass is 559 g/mol. The molecule has 0 radical (unpaired) electrons. The Kier molecular flexibility index (Phi) is 8.50. The van der Waals surface area contributed by atoms with Gasteiger partial charge in [0, 0.05) is 47.5 Å². The topological polar surface area (TPSA) is 168 Å². The molecule has 0 unspecified atom stereocenters. The maximum absolute atomic E-state index is 12.9. The number of primary amides is 1. The number of β-lactam (4-membered cyclic amide) rings is 1. The fraction of sp³-hybridized carbons (Fsp3) is 0.500.